The minimum Gasteiger partial charge on any atom is -0.316 e. The summed E-state index contributed by atoms with van der Waals surface area (Å²) >= 11 is 0. The summed E-state index contributed by atoms with van der Waals surface area (Å²) < 4.78 is 0. The molecule has 2 atom stereocenters. The van der Waals surface area contributed by atoms with Crippen LogP contribution in [-0.2, 0) is 0 Å². The van der Waals surface area contributed by atoms with Crippen LogP contribution in [0.3, 0.4) is 0 Å². The van der Waals surface area contributed by atoms with Crippen molar-refractivity contribution in [2.24, 2.45) is 17.8 Å². The fourth-order valence-corrected chi connectivity index (χ4v) is 1.36. The summed E-state index contributed by atoms with van der Waals surface area (Å²) in [7, 11) is 0. The van der Waals surface area contributed by atoms with Crippen LogP contribution < -0.4 is 5.32 Å². The van der Waals surface area contributed by atoms with Gasteiger partial charge >= 0.3 is 0 Å². The van der Waals surface area contributed by atoms with Crippen LogP contribution in [0, 0.1) is 17.8 Å². The van der Waals surface area contributed by atoms with Crippen molar-refractivity contribution in [1.82, 2.24) is 5.32 Å². The highest BCUT2D eigenvalue weighted by Gasteiger charge is 2.31. The summed E-state index contributed by atoms with van der Waals surface area (Å²) in [5.41, 5.74) is 0. The molecule has 0 saturated heterocycles. The largest absolute Gasteiger partial charge is 0.316 e. The van der Waals surface area contributed by atoms with Gasteiger partial charge in [-0.05, 0) is 43.7 Å². The maximum Gasteiger partial charge on any atom is -0.00179 e. The van der Waals surface area contributed by atoms with E-state index in [2.05, 4.69) is 26.1 Å². The van der Waals surface area contributed by atoms with E-state index in [1.165, 1.54) is 25.9 Å². The normalized spacial score (nSPS) is 29.5. The SMILES string of the molecule is CC(C)CCNCC1CC1C. The molecule has 1 N–H and O–H groups in total. The van der Waals surface area contributed by atoms with Gasteiger partial charge in [0, 0.05) is 0 Å². The van der Waals surface area contributed by atoms with Crippen molar-refractivity contribution in [3.8, 4) is 0 Å². The molecule has 0 aliphatic heterocycles. The van der Waals surface area contributed by atoms with Crippen LogP contribution in [0.1, 0.15) is 33.6 Å². The molecule has 1 fully saturated rings. The quantitative estimate of drug-likeness (QED) is 0.601. The summed E-state index contributed by atoms with van der Waals surface area (Å²) in [6, 6.07) is 0. The molecule has 0 amide bonds. The average molecular weight is 155 g/mol. The molecule has 0 heterocycles. The molecule has 1 heteroatoms. The molecule has 11 heavy (non-hydrogen) atoms. The van der Waals surface area contributed by atoms with Gasteiger partial charge in [0.2, 0.25) is 0 Å². The first-order valence-electron chi connectivity index (χ1n) is 4.91. The molecule has 2 unspecified atom stereocenters. The highest BCUT2D eigenvalue weighted by atomic mass is 14.9. The van der Waals surface area contributed by atoms with Crippen molar-refractivity contribution in [1.29, 1.82) is 0 Å². The van der Waals surface area contributed by atoms with Gasteiger partial charge in [0.15, 0.2) is 0 Å². The zero-order chi connectivity index (χ0) is 8.27. The second-order valence-electron chi connectivity index (χ2n) is 4.36. The van der Waals surface area contributed by atoms with E-state index in [1.807, 2.05) is 0 Å². The van der Waals surface area contributed by atoms with Crippen molar-refractivity contribution in [2.45, 2.75) is 33.6 Å². The minimum atomic E-state index is 0.846. The molecule has 1 saturated carbocycles. The predicted molar refractivity (Wildman–Crippen MR) is 49.6 cm³/mol. The van der Waals surface area contributed by atoms with Gasteiger partial charge in [0.25, 0.3) is 0 Å². The van der Waals surface area contributed by atoms with Crippen molar-refractivity contribution in [2.75, 3.05) is 13.1 Å². The summed E-state index contributed by atoms with van der Waals surface area (Å²) in [6.07, 6.45) is 2.77. The van der Waals surface area contributed by atoms with E-state index in [9.17, 15) is 0 Å². The van der Waals surface area contributed by atoms with Crippen LogP contribution in [0.25, 0.3) is 0 Å². The second kappa shape index (κ2) is 4.10. The van der Waals surface area contributed by atoms with Crippen molar-refractivity contribution in [3.63, 3.8) is 0 Å². The zero-order valence-corrected chi connectivity index (χ0v) is 8.06. The van der Waals surface area contributed by atoms with Gasteiger partial charge in [0.1, 0.15) is 0 Å². The zero-order valence-electron chi connectivity index (χ0n) is 8.06. The van der Waals surface area contributed by atoms with E-state index in [-0.39, 0.29) is 0 Å². The van der Waals surface area contributed by atoms with E-state index < -0.39 is 0 Å². The maximum atomic E-state index is 3.51. The van der Waals surface area contributed by atoms with Crippen LogP contribution in [0.5, 0.6) is 0 Å². The maximum absolute atomic E-state index is 3.51. The fraction of sp³-hybridized carbons (Fsp3) is 1.00. The lowest BCUT2D eigenvalue weighted by atomic mass is 10.1. The van der Waals surface area contributed by atoms with Gasteiger partial charge in [-0.1, -0.05) is 20.8 Å². The molecule has 0 aromatic carbocycles. The predicted octanol–water partition coefficient (Wildman–Crippen LogP) is 2.28. The molecule has 1 nitrogen and oxygen atoms in total. The Hall–Kier alpha value is -0.0400. The Labute approximate surface area is 70.6 Å². The van der Waals surface area contributed by atoms with E-state index in [4.69, 9.17) is 0 Å². The van der Waals surface area contributed by atoms with Gasteiger partial charge < -0.3 is 5.32 Å². The van der Waals surface area contributed by atoms with Crippen molar-refractivity contribution < 1.29 is 0 Å². The summed E-state index contributed by atoms with van der Waals surface area (Å²) in [4.78, 5) is 0. The van der Waals surface area contributed by atoms with Gasteiger partial charge in [-0.25, -0.2) is 0 Å². The smallest absolute Gasteiger partial charge is 0.00179 e. The molecule has 1 aliphatic rings. The average Bonchev–Trinajstić information content (AvgIpc) is 2.59. The van der Waals surface area contributed by atoms with Crippen LogP contribution in [-0.4, -0.2) is 13.1 Å². The lowest BCUT2D eigenvalue weighted by Gasteiger charge is -2.05. The number of rotatable bonds is 5. The molecule has 0 aromatic heterocycles. The van der Waals surface area contributed by atoms with Crippen molar-refractivity contribution >= 4 is 0 Å². The van der Waals surface area contributed by atoms with Crippen LogP contribution in [0.15, 0.2) is 0 Å². The van der Waals surface area contributed by atoms with E-state index in [0.29, 0.717) is 0 Å². The highest BCUT2D eigenvalue weighted by Crippen LogP contribution is 2.36. The second-order valence-corrected chi connectivity index (χ2v) is 4.36. The Morgan fingerprint density at radius 2 is 2.09 bits per heavy atom. The summed E-state index contributed by atoms with van der Waals surface area (Å²) in [5, 5.41) is 3.51. The third-order valence-corrected chi connectivity index (χ3v) is 2.58. The third-order valence-electron chi connectivity index (χ3n) is 2.58. The van der Waals surface area contributed by atoms with Gasteiger partial charge in [-0.3, -0.25) is 0 Å². The first-order valence-corrected chi connectivity index (χ1v) is 4.91. The van der Waals surface area contributed by atoms with Crippen LogP contribution in [0.4, 0.5) is 0 Å². The van der Waals surface area contributed by atoms with E-state index in [1.54, 1.807) is 0 Å². The van der Waals surface area contributed by atoms with E-state index >= 15 is 0 Å². The highest BCUT2D eigenvalue weighted by molar-refractivity contribution is 4.83. The molecule has 1 rings (SSSR count). The number of hydrogen-bond acceptors (Lipinski definition) is 1. The van der Waals surface area contributed by atoms with Crippen molar-refractivity contribution in [3.05, 3.63) is 0 Å². The Morgan fingerprint density at radius 1 is 1.45 bits per heavy atom. The third kappa shape index (κ3) is 3.76. The Balaban J connectivity index is 1.81. The topological polar surface area (TPSA) is 12.0 Å². The van der Waals surface area contributed by atoms with E-state index in [0.717, 1.165) is 17.8 Å². The lowest BCUT2D eigenvalue weighted by molar-refractivity contribution is 0.521. The van der Waals surface area contributed by atoms with Gasteiger partial charge in [-0.2, -0.15) is 0 Å². The summed E-state index contributed by atoms with van der Waals surface area (Å²) in [5.74, 6) is 2.85. The number of nitrogens with one attached hydrogen (secondary N) is 1. The Kier molecular flexibility index (Phi) is 3.38. The molecule has 1 aliphatic carbocycles. The molecular formula is C10H21N. The molecule has 0 radical (unpaired) electrons. The minimum absolute atomic E-state index is 0.846. The van der Waals surface area contributed by atoms with Crippen LogP contribution >= 0.6 is 0 Å². The van der Waals surface area contributed by atoms with Gasteiger partial charge in [0.05, 0.1) is 0 Å². The molecule has 66 valence electrons. The molecule has 0 aromatic rings. The first kappa shape index (κ1) is 9.05. The fourth-order valence-electron chi connectivity index (χ4n) is 1.36. The molecule has 0 bridgehead atoms. The molecule has 0 spiro atoms. The standard InChI is InChI=1S/C10H21N/c1-8(2)4-5-11-7-10-6-9(10)3/h8-11H,4-7H2,1-3H3. The summed E-state index contributed by atoms with van der Waals surface area (Å²) in [6.45, 7) is 9.37. The molecular weight excluding hydrogens is 134 g/mol. The lowest BCUT2D eigenvalue weighted by Crippen LogP contribution is -2.19. The van der Waals surface area contributed by atoms with Gasteiger partial charge in [-0.15, -0.1) is 0 Å². The number of hydrogen-bond donors (Lipinski definition) is 1. The Morgan fingerprint density at radius 3 is 2.55 bits per heavy atom. The van der Waals surface area contributed by atoms with Crippen LogP contribution in [0.2, 0.25) is 0 Å². The first-order chi connectivity index (χ1) is 5.20. The Bertz CT molecular complexity index is 109. The monoisotopic (exact) mass is 155 g/mol.